The van der Waals surface area contributed by atoms with Crippen LogP contribution in [0.4, 0.5) is 17.3 Å². The summed E-state index contributed by atoms with van der Waals surface area (Å²) in [5.41, 5.74) is 5.30. The molecule has 1 rings (SSSR count). The number of ether oxygens (including phenoxy) is 1. The van der Waals surface area contributed by atoms with E-state index in [0.29, 0.717) is 12.4 Å². The Kier molecular flexibility index (Phi) is 4.65. The molecule has 0 aromatic carbocycles. The van der Waals surface area contributed by atoms with Crippen LogP contribution < -0.4 is 11.1 Å². The van der Waals surface area contributed by atoms with Crippen molar-refractivity contribution in [3.05, 3.63) is 22.2 Å². The molecule has 94 valence electrons. The van der Waals surface area contributed by atoms with Gasteiger partial charge in [0.15, 0.2) is 0 Å². The summed E-state index contributed by atoms with van der Waals surface area (Å²) < 4.78 is 4.95. The SMILES string of the molecule is COCCC(C)Nc1ccc([N+](=O)[O-])c(N)n1. The highest BCUT2D eigenvalue weighted by molar-refractivity contribution is 5.57. The molecule has 1 aromatic rings. The number of anilines is 2. The Morgan fingerprint density at radius 3 is 2.88 bits per heavy atom. The molecule has 1 aromatic heterocycles. The summed E-state index contributed by atoms with van der Waals surface area (Å²) in [5.74, 6) is 0.440. The molecule has 0 bridgehead atoms. The third kappa shape index (κ3) is 3.87. The second kappa shape index (κ2) is 6.00. The Morgan fingerprint density at radius 1 is 1.65 bits per heavy atom. The molecular formula is C10H16N4O3. The Labute approximate surface area is 99.1 Å². The highest BCUT2D eigenvalue weighted by atomic mass is 16.6. The number of nitrogens with zero attached hydrogens (tertiary/aromatic N) is 2. The van der Waals surface area contributed by atoms with E-state index < -0.39 is 4.92 Å². The molecule has 0 amide bonds. The molecule has 3 N–H and O–H groups in total. The van der Waals surface area contributed by atoms with Crippen molar-refractivity contribution in [1.29, 1.82) is 0 Å². The standard InChI is InChI=1S/C10H16N4O3/c1-7(5-6-17-2)12-9-4-3-8(14(15)16)10(11)13-9/h3-4,7H,5-6H2,1-2H3,(H3,11,12,13). The molecular weight excluding hydrogens is 224 g/mol. The summed E-state index contributed by atoms with van der Waals surface area (Å²) in [6.45, 7) is 2.61. The van der Waals surface area contributed by atoms with Crippen LogP contribution in [0.15, 0.2) is 12.1 Å². The molecule has 7 heteroatoms. The zero-order valence-corrected chi connectivity index (χ0v) is 9.84. The van der Waals surface area contributed by atoms with Gasteiger partial charge in [0.05, 0.1) is 4.92 Å². The molecule has 1 atom stereocenters. The van der Waals surface area contributed by atoms with Crippen molar-refractivity contribution in [3.63, 3.8) is 0 Å². The van der Waals surface area contributed by atoms with Crippen molar-refractivity contribution in [3.8, 4) is 0 Å². The summed E-state index contributed by atoms with van der Waals surface area (Å²) >= 11 is 0. The van der Waals surface area contributed by atoms with Crippen molar-refractivity contribution >= 4 is 17.3 Å². The zero-order chi connectivity index (χ0) is 12.8. The summed E-state index contributed by atoms with van der Waals surface area (Å²) in [6.07, 6.45) is 0.815. The fourth-order valence-corrected chi connectivity index (χ4v) is 1.32. The van der Waals surface area contributed by atoms with Gasteiger partial charge in [0.1, 0.15) is 5.82 Å². The van der Waals surface area contributed by atoms with Crippen LogP contribution >= 0.6 is 0 Å². The van der Waals surface area contributed by atoms with E-state index in [0.717, 1.165) is 6.42 Å². The van der Waals surface area contributed by atoms with Crippen LogP contribution in [0.25, 0.3) is 0 Å². The molecule has 0 aliphatic carbocycles. The summed E-state index contributed by atoms with van der Waals surface area (Å²) in [4.78, 5) is 13.9. The first kappa shape index (κ1) is 13.2. The van der Waals surface area contributed by atoms with Crippen LogP contribution in [0.1, 0.15) is 13.3 Å². The van der Waals surface area contributed by atoms with E-state index in [-0.39, 0.29) is 17.5 Å². The molecule has 0 fully saturated rings. The molecule has 0 saturated heterocycles. The Balaban J connectivity index is 2.67. The summed E-state index contributed by atoms with van der Waals surface area (Å²) in [6, 6.07) is 3.04. The van der Waals surface area contributed by atoms with Gasteiger partial charge in [0.25, 0.3) is 0 Å². The van der Waals surface area contributed by atoms with Gasteiger partial charge >= 0.3 is 5.69 Å². The van der Waals surface area contributed by atoms with Crippen LogP contribution in [0.3, 0.4) is 0 Å². The number of nitrogens with one attached hydrogen (secondary N) is 1. The highest BCUT2D eigenvalue weighted by Crippen LogP contribution is 2.21. The number of nitrogens with two attached hydrogens (primary N) is 1. The lowest BCUT2D eigenvalue weighted by Crippen LogP contribution is -2.18. The molecule has 0 saturated carbocycles. The normalized spacial score (nSPS) is 12.1. The van der Waals surface area contributed by atoms with Gasteiger partial charge < -0.3 is 15.8 Å². The minimum absolute atomic E-state index is 0.0843. The van der Waals surface area contributed by atoms with Gasteiger partial charge in [-0.05, 0) is 19.4 Å². The average Bonchev–Trinajstić information content (AvgIpc) is 2.26. The monoisotopic (exact) mass is 240 g/mol. The van der Waals surface area contributed by atoms with Crippen LogP contribution in [-0.2, 0) is 4.74 Å². The van der Waals surface area contributed by atoms with Gasteiger partial charge in [-0.3, -0.25) is 10.1 Å². The third-order valence-corrected chi connectivity index (χ3v) is 2.25. The Bertz CT molecular complexity index is 397. The van der Waals surface area contributed by atoms with Gasteiger partial charge in [0.2, 0.25) is 5.82 Å². The fraction of sp³-hybridized carbons (Fsp3) is 0.500. The number of hydrogen-bond donors (Lipinski definition) is 2. The van der Waals surface area contributed by atoms with Gasteiger partial charge in [-0.1, -0.05) is 0 Å². The van der Waals surface area contributed by atoms with E-state index in [9.17, 15) is 10.1 Å². The van der Waals surface area contributed by atoms with E-state index in [4.69, 9.17) is 10.5 Å². The number of methoxy groups -OCH3 is 1. The number of pyridine rings is 1. The van der Waals surface area contributed by atoms with Crippen LogP contribution in [0, 0.1) is 10.1 Å². The number of nitrogen functional groups attached to an aromatic ring is 1. The first-order valence-corrected chi connectivity index (χ1v) is 5.21. The minimum Gasteiger partial charge on any atom is -0.385 e. The average molecular weight is 240 g/mol. The molecule has 0 aliphatic rings. The van der Waals surface area contributed by atoms with Crippen molar-refractivity contribution < 1.29 is 9.66 Å². The van der Waals surface area contributed by atoms with Gasteiger partial charge in [-0.2, -0.15) is 0 Å². The lowest BCUT2D eigenvalue weighted by atomic mass is 10.2. The fourth-order valence-electron chi connectivity index (χ4n) is 1.32. The zero-order valence-electron chi connectivity index (χ0n) is 9.84. The van der Waals surface area contributed by atoms with Crippen LogP contribution in [0.2, 0.25) is 0 Å². The second-order valence-electron chi connectivity index (χ2n) is 3.68. The van der Waals surface area contributed by atoms with Gasteiger partial charge in [-0.15, -0.1) is 0 Å². The topological polar surface area (TPSA) is 103 Å². The van der Waals surface area contributed by atoms with Crippen LogP contribution in [0.5, 0.6) is 0 Å². The van der Waals surface area contributed by atoms with E-state index in [1.54, 1.807) is 7.11 Å². The Hall–Kier alpha value is -1.89. The molecule has 7 nitrogen and oxygen atoms in total. The number of nitro groups is 1. The predicted molar refractivity (Wildman–Crippen MR) is 64.9 cm³/mol. The quantitative estimate of drug-likeness (QED) is 0.575. The maximum absolute atomic E-state index is 10.5. The molecule has 1 heterocycles. The predicted octanol–water partition coefficient (Wildman–Crippen LogP) is 1.41. The lowest BCUT2D eigenvalue weighted by Gasteiger charge is -2.13. The van der Waals surface area contributed by atoms with Crippen molar-refractivity contribution in [2.24, 2.45) is 0 Å². The number of hydrogen-bond acceptors (Lipinski definition) is 6. The molecule has 0 spiro atoms. The molecule has 0 radical (unpaired) electrons. The maximum Gasteiger partial charge on any atom is 0.311 e. The Morgan fingerprint density at radius 2 is 2.35 bits per heavy atom. The largest absolute Gasteiger partial charge is 0.385 e. The third-order valence-electron chi connectivity index (χ3n) is 2.25. The van der Waals surface area contributed by atoms with E-state index in [1.807, 2.05) is 6.92 Å². The number of aromatic nitrogens is 1. The molecule has 0 aliphatic heterocycles. The second-order valence-corrected chi connectivity index (χ2v) is 3.68. The molecule has 1 unspecified atom stereocenters. The van der Waals surface area contributed by atoms with Crippen LogP contribution in [-0.4, -0.2) is 29.7 Å². The summed E-state index contributed by atoms with van der Waals surface area (Å²) in [7, 11) is 1.63. The lowest BCUT2D eigenvalue weighted by molar-refractivity contribution is -0.384. The smallest absolute Gasteiger partial charge is 0.311 e. The van der Waals surface area contributed by atoms with E-state index in [1.165, 1.54) is 12.1 Å². The van der Waals surface area contributed by atoms with E-state index in [2.05, 4.69) is 10.3 Å². The van der Waals surface area contributed by atoms with Gasteiger partial charge in [-0.25, -0.2) is 4.98 Å². The first-order chi connectivity index (χ1) is 8.04. The highest BCUT2D eigenvalue weighted by Gasteiger charge is 2.13. The summed E-state index contributed by atoms with van der Waals surface area (Å²) in [5, 5.41) is 13.6. The van der Waals surface area contributed by atoms with Crippen molar-refractivity contribution in [2.45, 2.75) is 19.4 Å². The van der Waals surface area contributed by atoms with E-state index >= 15 is 0 Å². The van der Waals surface area contributed by atoms with Gasteiger partial charge in [0, 0.05) is 25.8 Å². The maximum atomic E-state index is 10.5. The number of rotatable bonds is 6. The minimum atomic E-state index is -0.555. The van der Waals surface area contributed by atoms with Crippen molar-refractivity contribution in [2.75, 3.05) is 24.8 Å². The molecule has 17 heavy (non-hydrogen) atoms. The van der Waals surface area contributed by atoms with Crippen molar-refractivity contribution in [1.82, 2.24) is 4.98 Å². The first-order valence-electron chi connectivity index (χ1n) is 5.21.